The number of carbonyl (C=O) groups is 2. The zero-order valence-corrected chi connectivity index (χ0v) is 17.0. The summed E-state index contributed by atoms with van der Waals surface area (Å²) in [5, 5.41) is 4.36. The maximum atomic E-state index is 12.0. The molecule has 1 amide bonds. The van der Waals surface area contributed by atoms with E-state index in [0.29, 0.717) is 5.92 Å². The normalized spacial score (nSPS) is 26.6. The number of carbonyl (C=O) groups excluding carboxylic acids is 2. The molecule has 0 aromatic heterocycles. The number of benzene rings is 1. The Morgan fingerprint density at radius 1 is 1.25 bits per heavy atom. The van der Waals surface area contributed by atoms with Crippen LogP contribution < -0.4 is 10.2 Å². The number of methoxy groups -OCH3 is 1. The molecule has 6 heteroatoms. The molecule has 2 aliphatic rings. The van der Waals surface area contributed by atoms with Crippen LogP contribution in [0.25, 0.3) is 6.08 Å². The number of hydrogen-bond acceptors (Lipinski definition) is 5. The summed E-state index contributed by atoms with van der Waals surface area (Å²) in [7, 11) is 1.59. The maximum Gasteiger partial charge on any atom is 0.331 e. The predicted octanol–water partition coefficient (Wildman–Crippen LogP) is 3.57. The van der Waals surface area contributed by atoms with E-state index in [1.165, 1.54) is 12.5 Å². The van der Waals surface area contributed by atoms with E-state index in [0.717, 1.165) is 29.9 Å². The van der Waals surface area contributed by atoms with E-state index in [2.05, 4.69) is 31.3 Å². The molecule has 2 bridgehead atoms. The van der Waals surface area contributed by atoms with Crippen molar-refractivity contribution in [3.63, 3.8) is 0 Å². The molecule has 3 rings (SSSR count). The first-order chi connectivity index (χ1) is 13.3. The summed E-state index contributed by atoms with van der Waals surface area (Å²) in [6, 6.07) is 7.25. The third kappa shape index (κ3) is 3.81. The molecule has 6 nitrogen and oxygen atoms in total. The summed E-state index contributed by atoms with van der Waals surface area (Å²) in [6.07, 6.45) is 6.16. The van der Waals surface area contributed by atoms with Gasteiger partial charge in [0.25, 0.3) is 5.91 Å². The number of hydrazone groups is 1. The van der Waals surface area contributed by atoms with Crippen molar-refractivity contribution in [1.82, 2.24) is 5.43 Å². The van der Waals surface area contributed by atoms with Crippen LogP contribution in [0.1, 0.15) is 45.6 Å². The third-order valence-electron chi connectivity index (χ3n) is 6.70. The summed E-state index contributed by atoms with van der Waals surface area (Å²) in [4.78, 5) is 23.8. The van der Waals surface area contributed by atoms with E-state index in [1.807, 2.05) is 12.1 Å². The van der Waals surface area contributed by atoms with Gasteiger partial charge in [-0.3, -0.25) is 4.79 Å². The number of hydrogen-bond donors (Lipinski definition) is 1. The van der Waals surface area contributed by atoms with Gasteiger partial charge in [0, 0.05) is 17.2 Å². The lowest BCUT2D eigenvalue weighted by atomic mass is 9.70. The van der Waals surface area contributed by atoms with Crippen molar-refractivity contribution < 1.29 is 19.1 Å². The first kappa shape index (κ1) is 20.1. The number of nitrogens with one attached hydrogen (secondary N) is 1. The van der Waals surface area contributed by atoms with E-state index < -0.39 is 11.9 Å². The molecule has 1 aromatic carbocycles. The average molecular weight is 384 g/mol. The Bertz CT molecular complexity index is 810. The molecule has 2 unspecified atom stereocenters. The monoisotopic (exact) mass is 384 g/mol. The lowest BCUT2D eigenvalue weighted by Crippen LogP contribution is -2.34. The quantitative estimate of drug-likeness (QED) is 0.462. The van der Waals surface area contributed by atoms with Crippen LogP contribution in [0.3, 0.4) is 0 Å². The molecular weight excluding hydrogens is 356 g/mol. The van der Waals surface area contributed by atoms with Gasteiger partial charge in [0.15, 0.2) is 6.61 Å². The van der Waals surface area contributed by atoms with Crippen molar-refractivity contribution >= 4 is 23.7 Å². The summed E-state index contributed by atoms with van der Waals surface area (Å²) in [6.45, 7) is 6.44. The highest BCUT2D eigenvalue weighted by Crippen LogP contribution is 2.63. The van der Waals surface area contributed by atoms with Crippen LogP contribution in [0, 0.1) is 16.7 Å². The van der Waals surface area contributed by atoms with Crippen LogP contribution in [0.15, 0.2) is 35.4 Å². The molecular formula is C22H28N2O4. The molecule has 0 aliphatic heterocycles. The van der Waals surface area contributed by atoms with E-state index in [4.69, 9.17) is 9.47 Å². The van der Waals surface area contributed by atoms with Gasteiger partial charge in [-0.25, -0.2) is 10.2 Å². The minimum Gasteiger partial charge on any atom is -0.497 e. The Morgan fingerprint density at radius 3 is 2.54 bits per heavy atom. The Kier molecular flexibility index (Phi) is 5.59. The van der Waals surface area contributed by atoms with Gasteiger partial charge in [-0.2, -0.15) is 5.10 Å². The van der Waals surface area contributed by atoms with Crippen molar-refractivity contribution in [3.8, 4) is 5.75 Å². The lowest BCUT2D eigenvalue weighted by Gasteiger charge is -2.34. The fourth-order valence-electron chi connectivity index (χ4n) is 4.32. The Morgan fingerprint density at radius 2 is 1.96 bits per heavy atom. The van der Waals surface area contributed by atoms with Gasteiger partial charge in [-0.1, -0.05) is 32.9 Å². The van der Waals surface area contributed by atoms with Crippen LogP contribution in [-0.2, 0) is 14.3 Å². The second kappa shape index (κ2) is 7.78. The second-order valence-electron chi connectivity index (χ2n) is 8.30. The minimum atomic E-state index is -0.577. The first-order valence-electron chi connectivity index (χ1n) is 9.61. The van der Waals surface area contributed by atoms with E-state index in [1.54, 1.807) is 25.3 Å². The third-order valence-corrected chi connectivity index (χ3v) is 6.70. The number of fused-ring (bicyclic) bond motifs is 2. The number of esters is 1. The smallest absolute Gasteiger partial charge is 0.331 e. The highest BCUT2D eigenvalue weighted by Gasteiger charge is 2.59. The number of rotatable bonds is 6. The van der Waals surface area contributed by atoms with Gasteiger partial charge in [0.1, 0.15) is 5.75 Å². The van der Waals surface area contributed by atoms with Gasteiger partial charge in [-0.15, -0.1) is 0 Å². The predicted molar refractivity (Wildman–Crippen MR) is 108 cm³/mol. The van der Waals surface area contributed by atoms with Crippen molar-refractivity contribution in [2.24, 2.45) is 21.8 Å². The molecule has 0 heterocycles. The molecule has 0 spiro atoms. The number of ether oxygens (including phenoxy) is 2. The summed E-state index contributed by atoms with van der Waals surface area (Å²) < 4.78 is 10.1. The van der Waals surface area contributed by atoms with Crippen LogP contribution in [0.5, 0.6) is 5.75 Å². The maximum absolute atomic E-state index is 12.0. The van der Waals surface area contributed by atoms with Crippen molar-refractivity contribution in [2.75, 3.05) is 13.7 Å². The fraction of sp³-hybridized carbons (Fsp3) is 0.500. The van der Waals surface area contributed by atoms with Crippen molar-refractivity contribution in [1.29, 1.82) is 0 Å². The molecule has 1 N–H and O–H groups in total. The number of nitrogens with zero attached hydrogens (tertiary/aromatic N) is 1. The standard InChI is InChI=1S/C22H28N2O4/c1-21(2)16-11-12-22(21,3)18(13-16)23-24-19(25)14-28-20(26)10-7-15-5-8-17(27-4)9-6-15/h5-10,16H,11-14H2,1-4H3,(H,24,25)/b10-7+,23-18-. The average Bonchev–Trinajstić information content (AvgIpc) is 3.02. The molecule has 1 aromatic rings. The highest BCUT2D eigenvalue weighted by molar-refractivity contribution is 5.95. The molecule has 0 saturated heterocycles. The Labute approximate surface area is 166 Å². The summed E-state index contributed by atoms with van der Waals surface area (Å²) in [5.74, 6) is 0.356. The Hall–Kier alpha value is -2.63. The molecule has 150 valence electrons. The topological polar surface area (TPSA) is 77.0 Å². The van der Waals surface area contributed by atoms with Gasteiger partial charge in [0.2, 0.25) is 0 Å². The molecule has 2 saturated carbocycles. The molecule has 2 fully saturated rings. The van der Waals surface area contributed by atoms with Crippen LogP contribution >= 0.6 is 0 Å². The zero-order valence-electron chi connectivity index (χ0n) is 17.0. The van der Waals surface area contributed by atoms with Gasteiger partial charge < -0.3 is 9.47 Å². The van der Waals surface area contributed by atoms with Crippen LogP contribution in [-0.4, -0.2) is 31.3 Å². The van der Waals surface area contributed by atoms with E-state index in [9.17, 15) is 9.59 Å². The highest BCUT2D eigenvalue weighted by atomic mass is 16.5. The Balaban J connectivity index is 1.47. The van der Waals surface area contributed by atoms with Crippen LogP contribution in [0.4, 0.5) is 0 Å². The van der Waals surface area contributed by atoms with Crippen molar-refractivity contribution in [3.05, 3.63) is 35.9 Å². The minimum absolute atomic E-state index is 0.0305. The zero-order chi connectivity index (χ0) is 20.4. The molecule has 2 atom stereocenters. The van der Waals surface area contributed by atoms with Crippen molar-refractivity contribution in [2.45, 2.75) is 40.0 Å². The summed E-state index contributed by atoms with van der Waals surface area (Å²) >= 11 is 0. The van der Waals surface area contributed by atoms with Gasteiger partial charge in [0.05, 0.1) is 7.11 Å². The second-order valence-corrected chi connectivity index (χ2v) is 8.30. The first-order valence-corrected chi connectivity index (χ1v) is 9.61. The number of amides is 1. The summed E-state index contributed by atoms with van der Waals surface area (Å²) in [5.41, 5.74) is 4.67. The molecule has 2 aliphatic carbocycles. The van der Waals surface area contributed by atoms with E-state index >= 15 is 0 Å². The van der Waals surface area contributed by atoms with Gasteiger partial charge in [-0.05, 0) is 54.4 Å². The molecule has 0 radical (unpaired) electrons. The molecule has 28 heavy (non-hydrogen) atoms. The van der Waals surface area contributed by atoms with Gasteiger partial charge >= 0.3 is 5.97 Å². The fourth-order valence-corrected chi connectivity index (χ4v) is 4.32. The van der Waals surface area contributed by atoms with Crippen LogP contribution in [0.2, 0.25) is 0 Å². The lowest BCUT2D eigenvalue weighted by molar-refractivity contribution is -0.143. The largest absolute Gasteiger partial charge is 0.497 e. The SMILES string of the molecule is COc1ccc(/C=C/C(=O)OCC(=O)N/N=C2/CC3CCC2(C)C3(C)C)cc1. The van der Waals surface area contributed by atoms with E-state index in [-0.39, 0.29) is 17.4 Å².